The van der Waals surface area contributed by atoms with Gasteiger partial charge in [0.1, 0.15) is 0 Å². The van der Waals surface area contributed by atoms with E-state index in [4.69, 9.17) is 5.84 Å². The number of amides is 2. The third-order valence-corrected chi connectivity index (χ3v) is 2.89. The fraction of sp³-hybridized carbons (Fsp3) is 0.333. The molecule has 6 nitrogen and oxygen atoms in total. The summed E-state index contributed by atoms with van der Waals surface area (Å²) in [6, 6.07) is 5.20. The van der Waals surface area contributed by atoms with Crippen molar-refractivity contribution in [1.82, 2.24) is 10.6 Å². The van der Waals surface area contributed by atoms with Crippen LogP contribution in [0.3, 0.4) is 0 Å². The van der Waals surface area contributed by atoms with Gasteiger partial charge < -0.3 is 16.1 Å². The van der Waals surface area contributed by atoms with E-state index < -0.39 is 0 Å². The lowest BCUT2D eigenvalue weighted by Crippen LogP contribution is -2.36. The highest BCUT2D eigenvalue weighted by Gasteiger charge is 2.24. The van der Waals surface area contributed by atoms with E-state index in [-0.39, 0.29) is 17.9 Å². The third-order valence-electron chi connectivity index (χ3n) is 2.89. The molecule has 0 aromatic heterocycles. The van der Waals surface area contributed by atoms with Gasteiger partial charge >= 0.3 is 0 Å². The van der Waals surface area contributed by atoms with Crippen LogP contribution >= 0.6 is 0 Å². The molecule has 1 saturated heterocycles. The average molecular weight is 248 g/mol. The van der Waals surface area contributed by atoms with Crippen LogP contribution in [-0.2, 0) is 4.79 Å². The van der Waals surface area contributed by atoms with Gasteiger partial charge in [-0.05, 0) is 24.6 Å². The minimum Gasteiger partial charge on any atom is -0.354 e. The van der Waals surface area contributed by atoms with Crippen molar-refractivity contribution in [2.24, 2.45) is 5.84 Å². The second-order valence-corrected chi connectivity index (χ2v) is 4.37. The number of nitrogens with two attached hydrogens (primary N) is 1. The molecule has 6 heteroatoms. The van der Waals surface area contributed by atoms with Crippen molar-refractivity contribution in [2.45, 2.75) is 19.4 Å². The van der Waals surface area contributed by atoms with Crippen LogP contribution in [0, 0.1) is 6.92 Å². The number of rotatable bonds is 3. The fourth-order valence-electron chi connectivity index (χ4n) is 1.95. The molecule has 0 spiro atoms. The SMILES string of the molecule is Cc1ccc(C(=O)NC2CNC(=O)C2)c(NN)c1. The molecule has 1 unspecified atom stereocenters. The lowest BCUT2D eigenvalue weighted by molar-refractivity contribution is -0.119. The topological polar surface area (TPSA) is 96.2 Å². The van der Waals surface area contributed by atoms with Crippen LogP contribution in [0.15, 0.2) is 18.2 Å². The maximum Gasteiger partial charge on any atom is 0.253 e. The molecule has 2 amide bonds. The molecule has 1 atom stereocenters. The number of benzene rings is 1. The first-order valence-corrected chi connectivity index (χ1v) is 5.75. The van der Waals surface area contributed by atoms with Crippen molar-refractivity contribution in [3.63, 3.8) is 0 Å². The van der Waals surface area contributed by atoms with Crippen molar-refractivity contribution >= 4 is 17.5 Å². The number of hydrogen-bond acceptors (Lipinski definition) is 4. The summed E-state index contributed by atoms with van der Waals surface area (Å²) in [5, 5.41) is 5.47. The number of nitrogens with one attached hydrogen (secondary N) is 3. The molecular formula is C12H16N4O2. The van der Waals surface area contributed by atoms with Gasteiger partial charge in [-0.25, -0.2) is 0 Å². The summed E-state index contributed by atoms with van der Waals surface area (Å²) in [6.45, 7) is 2.39. The van der Waals surface area contributed by atoms with Crippen LogP contribution in [-0.4, -0.2) is 24.4 Å². The highest BCUT2D eigenvalue weighted by molar-refractivity contribution is 6.00. The number of hydrogen-bond donors (Lipinski definition) is 4. The second-order valence-electron chi connectivity index (χ2n) is 4.37. The van der Waals surface area contributed by atoms with Crippen LogP contribution in [0.2, 0.25) is 0 Å². The Labute approximate surface area is 105 Å². The van der Waals surface area contributed by atoms with Crippen molar-refractivity contribution in [1.29, 1.82) is 0 Å². The summed E-state index contributed by atoms with van der Waals surface area (Å²) in [4.78, 5) is 23.1. The van der Waals surface area contributed by atoms with E-state index in [1.807, 2.05) is 13.0 Å². The minimum absolute atomic E-state index is 0.0404. The van der Waals surface area contributed by atoms with Crippen LogP contribution in [0.4, 0.5) is 5.69 Å². The maximum atomic E-state index is 12.1. The lowest BCUT2D eigenvalue weighted by atomic mass is 10.1. The Morgan fingerprint density at radius 2 is 2.28 bits per heavy atom. The van der Waals surface area contributed by atoms with Gasteiger partial charge in [-0.2, -0.15) is 0 Å². The zero-order valence-electron chi connectivity index (χ0n) is 10.1. The molecular weight excluding hydrogens is 232 g/mol. The summed E-state index contributed by atoms with van der Waals surface area (Å²) in [7, 11) is 0. The average Bonchev–Trinajstić information content (AvgIpc) is 2.74. The second kappa shape index (κ2) is 5.05. The molecule has 18 heavy (non-hydrogen) atoms. The minimum atomic E-state index is -0.232. The van der Waals surface area contributed by atoms with E-state index in [9.17, 15) is 9.59 Å². The molecule has 1 aliphatic heterocycles. The zero-order valence-corrected chi connectivity index (χ0v) is 10.1. The smallest absolute Gasteiger partial charge is 0.253 e. The van der Waals surface area contributed by atoms with E-state index in [0.29, 0.717) is 24.2 Å². The number of carbonyl (C=O) groups is 2. The molecule has 1 aliphatic rings. The summed E-state index contributed by atoms with van der Waals surface area (Å²) in [5.41, 5.74) is 4.57. The van der Waals surface area contributed by atoms with Crippen LogP contribution in [0.25, 0.3) is 0 Å². The van der Waals surface area contributed by atoms with E-state index in [2.05, 4.69) is 16.1 Å². The number of nitrogen functional groups attached to an aromatic ring is 1. The standard InChI is InChI=1S/C12H16N4O2/c1-7-2-3-9(10(4-7)16-13)12(18)15-8-5-11(17)14-6-8/h2-4,8,16H,5-6,13H2,1H3,(H,14,17)(H,15,18). The number of hydrazine groups is 1. The molecule has 1 aromatic rings. The van der Waals surface area contributed by atoms with Gasteiger partial charge in [0.15, 0.2) is 0 Å². The van der Waals surface area contributed by atoms with Crippen molar-refractivity contribution in [3.05, 3.63) is 29.3 Å². The van der Waals surface area contributed by atoms with Gasteiger partial charge in [-0.15, -0.1) is 0 Å². The van der Waals surface area contributed by atoms with Crippen molar-refractivity contribution in [3.8, 4) is 0 Å². The Balaban J connectivity index is 2.11. The molecule has 0 saturated carbocycles. The normalized spacial score (nSPS) is 18.3. The van der Waals surface area contributed by atoms with Gasteiger partial charge in [0.25, 0.3) is 5.91 Å². The van der Waals surface area contributed by atoms with Gasteiger partial charge in [-0.3, -0.25) is 15.4 Å². The first-order valence-electron chi connectivity index (χ1n) is 5.75. The molecule has 1 heterocycles. The van der Waals surface area contributed by atoms with Crippen LogP contribution in [0.1, 0.15) is 22.3 Å². The molecule has 2 rings (SSSR count). The number of carbonyl (C=O) groups excluding carboxylic acids is 2. The van der Waals surface area contributed by atoms with E-state index in [0.717, 1.165) is 5.56 Å². The monoisotopic (exact) mass is 248 g/mol. The van der Waals surface area contributed by atoms with Crippen molar-refractivity contribution < 1.29 is 9.59 Å². The van der Waals surface area contributed by atoms with Crippen LogP contribution in [0.5, 0.6) is 0 Å². The molecule has 0 aliphatic carbocycles. The Morgan fingerprint density at radius 1 is 1.50 bits per heavy atom. The van der Waals surface area contributed by atoms with Gasteiger partial charge in [0.05, 0.1) is 17.3 Å². The molecule has 1 aromatic carbocycles. The highest BCUT2D eigenvalue weighted by atomic mass is 16.2. The summed E-state index contributed by atoms with van der Waals surface area (Å²) in [6.07, 6.45) is 0.322. The van der Waals surface area contributed by atoms with Crippen LogP contribution < -0.4 is 21.9 Å². The Morgan fingerprint density at radius 3 is 2.89 bits per heavy atom. The Bertz CT molecular complexity index is 487. The maximum absolute atomic E-state index is 12.1. The predicted octanol–water partition coefficient (Wildman–Crippen LogP) is -0.101. The largest absolute Gasteiger partial charge is 0.354 e. The molecule has 0 bridgehead atoms. The molecule has 1 fully saturated rings. The quantitative estimate of drug-likeness (QED) is 0.443. The molecule has 5 N–H and O–H groups in total. The van der Waals surface area contributed by atoms with Gasteiger partial charge in [0, 0.05) is 13.0 Å². The Kier molecular flexibility index (Phi) is 3.47. The molecule has 0 radical (unpaired) electrons. The predicted molar refractivity (Wildman–Crippen MR) is 67.9 cm³/mol. The first-order chi connectivity index (χ1) is 8.60. The first kappa shape index (κ1) is 12.4. The number of anilines is 1. The zero-order chi connectivity index (χ0) is 13.1. The molecule has 96 valence electrons. The lowest BCUT2D eigenvalue weighted by Gasteiger charge is -2.13. The highest BCUT2D eigenvalue weighted by Crippen LogP contribution is 2.16. The third kappa shape index (κ3) is 2.60. The summed E-state index contributed by atoms with van der Waals surface area (Å²) < 4.78 is 0. The van der Waals surface area contributed by atoms with Gasteiger partial charge in [-0.1, -0.05) is 6.07 Å². The van der Waals surface area contributed by atoms with E-state index in [1.54, 1.807) is 12.1 Å². The number of aryl methyl sites for hydroxylation is 1. The summed E-state index contributed by atoms with van der Waals surface area (Å²) in [5.74, 6) is 5.12. The fourth-order valence-corrected chi connectivity index (χ4v) is 1.95. The Hall–Kier alpha value is -2.08. The summed E-state index contributed by atoms with van der Waals surface area (Å²) >= 11 is 0. The van der Waals surface area contributed by atoms with E-state index >= 15 is 0 Å². The van der Waals surface area contributed by atoms with Crippen molar-refractivity contribution in [2.75, 3.05) is 12.0 Å². The van der Waals surface area contributed by atoms with Gasteiger partial charge in [0.2, 0.25) is 5.91 Å². The van der Waals surface area contributed by atoms with E-state index in [1.165, 1.54) is 0 Å².